The Morgan fingerprint density at radius 2 is 1.62 bits per heavy atom. The molecule has 2 nitrogen and oxygen atoms in total. The number of carbonyl (C=O) groups is 1. The van der Waals surface area contributed by atoms with Crippen molar-refractivity contribution in [2.75, 3.05) is 0 Å². The molecule has 0 saturated carbocycles. The van der Waals surface area contributed by atoms with Crippen molar-refractivity contribution in [1.29, 1.82) is 0 Å². The van der Waals surface area contributed by atoms with Crippen LogP contribution in [0.25, 0.3) is 0 Å². The third-order valence-corrected chi connectivity index (χ3v) is 1.63. The van der Waals surface area contributed by atoms with Crippen LogP contribution in [0.4, 0.5) is 22.0 Å². The normalized spacial score (nSPS) is 11.3. The summed E-state index contributed by atoms with van der Waals surface area (Å²) in [5.74, 6) is -4.00. The van der Waals surface area contributed by atoms with Crippen LogP contribution in [0.1, 0.15) is 5.56 Å². The summed E-state index contributed by atoms with van der Waals surface area (Å²) in [5.41, 5.74) is -0.0879. The Hall–Kier alpha value is -1.66. The second-order valence-corrected chi connectivity index (χ2v) is 2.96. The van der Waals surface area contributed by atoms with Gasteiger partial charge in [-0.05, 0) is 17.7 Å². The number of rotatable bonds is 2. The number of hydrogen-bond donors (Lipinski definition) is 1. The van der Waals surface area contributed by atoms with Gasteiger partial charge in [-0.1, -0.05) is 0 Å². The topological polar surface area (TPSA) is 29.1 Å². The first-order valence-corrected chi connectivity index (χ1v) is 4.09. The molecule has 1 amide bonds. The summed E-state index contributed by atoms with van der Waals surface area (Å²) in [5, 5.41) is 1.50. The van der Waals surface area contributed by atoms with E-state index in [1.165, 1.54) is 5.32 Å². The molecule has 0 fully saturated rings. The Bertz CT molecular complexity index is 381. The second-order valence-electron chi connectivity index (χ2n) is 2.96. The maximum Gasteiger partial charge on any atom is 0.471 e. The van der Waals surface area contributed by atoms with Crippen LogP contribution in [0.15, 0.2) is 18.2 Å². The molecular formula is C9H6F5NO. The average Bonchev–Trinajstić information content (AvgIpc) is 2.11. The monoisotopic (exact) mass is 239 g/mol. The summed E-state index contributed by atoms with van der Waals surface area (Å²) >= 11 is 0. The van der Waals surface area contributed by atoms with Gasteiger partial charge in [0.05, 0.1) is 0 Å². The molecule has 0 radical (unpaired) electrons. The predicted molar refractivity (Wildman–Crippen MR) is 44.3 cm³/mol. The summed E-state index contributed by atoms with van der Waals surface area (Å²) in [7, 11) is 0. The van der Waals surface area contributed by atoms with Gasteiger partial charge >= 0.3 is 12.1 Å². The quantitative estimate of drug-likeness (QED) is 0.787. The SMILES string of the molecule is O=C(NCc1cc(F)cc(F)c1)C(F)(F)F. The molecule has 0 aliphatic heterocycles. The fourth-order valence-electron chi connectivity index (χ4n) is 0.996. The maximum atomic E-state index is 12.6. The number of amides is 1. The van der Waals surface area contributed by atoms with Crippen LogP contribution in [0.3, 0.4) is 0 Å². The van der Waals surface area contributed by atoms with Crippen LogP contribution in [0.5, 0.6) is 0 Å². The molecule has 88 valence electrons. The highest BCUT2D eigenvalue weighted by Gasteiger charge is 2.38. The average molecular weight is 239 g/mol. The zero-order valence-electron chi connectivity index (χ0n) is 7.74. The van der Waals surface area contributed by atoms with E-state index in [1.807, 2.05) is 0 Å². The molecule has 1 aromatic rings. The first-order chi connectivity index (χ1) is 7.29. The van der Waals surface area contributed by atoms with E-state index in [4.69, 9.17) is 0 Å². The summed E-state index contributed by atoms with van der Waals surface area (Å²) in [4.78, 5) is 10.4. The van der Waals surface area contributed by atoms with Gasteiger partial charge in [0.2, 0.25) is 0 Å². The minimum absolute atomic E-state index is 0.0879. The zero-order chi connectivity index (χ0) is 12.3. The van der Waals surface area contributed by atoms with Crippen LogP contribution in [-0.2, 0) is 11.3 Å². The predicted octanol–water partition coefficient (Wildman–Crippen LogP) is 2.14. The fourth-order valence-corrected chi connectivity index (χ4v) is 0.996. The van der Waals surface area contributed by atoms with Gasteiger partial charge in [-0.3, -0.25) is 4.79 Å². The van der Waals surface area contributed by atoms with Gasteiger partial charge in [0.15, 0.2) is 0 Å². The van der Waals surface area contributed by atoms with E-state index in [2.05, 4.69) is 0 Å². The molecule has 1 rings (SSSR count). The number of hydrogen-bond acceptors (Lipinski definition) is 1. The van der Waals surface area contributed by atoms with E-state index in [9.17, 15) is 26.7 Å². The van der Waals surface area contributed by atoms with E-state index in [0.29, 0.717) is 6.07 Å². The highest BCUT2D eigenvalue weighted by Crippen LogP contribution is 2.15. The molecule has 16 heavy (non-hydrogen) atoms. The van der Waals surface area contributed by atoms with Crippen molar-refractivity contribution in [1.82, 2.24) is 5.32 Å². The molecular weight excluding hydrogens is 233 g/mol. The summed E-state index contributed by atoms with van der Waals surface area (Å²) in [6, 6.07) is 2.24. The van der Waals surface area contributed by atoms with Crippen molar-refractivity contribution < 1.29 is 26.7 Å². The van der Waals surface area contributed by atoms with Crippen LogP contribution in [0.2, 0.25) is 0 Å². The Labute approximate surface area is 87.1 Å². The van der Waals surface area contributed by atoms with E-state index in [1.54, 1.807) is 0 Å². The van der Waals surface area contributed by atoms with Crippen molar-refractivity contribution in [3.8, 4) is 0 Å². The van der Waals surface area contributed by atoms with Crippen molar-refractivity contribution in [3.63, 3.8) is 0 Å². The van der Waals surface area contributed by atoms with Crippen LogP contribution < -0.4 is 5.32 Å². The van der Waals surface area contributed by atoms with Gasteiger partial charge in [0.25, 0.3) is 0 Å². The zero-order valence-corrected chi connectivity index (χ0v) is 7.74. The lowest BCUT2D eigenvalue weighted by molar-refractivity contribution is -0.173. The first kappa shape index (κ1) is 12.4. The first-order valence-electron chi connectivity index (χ1n) is 4.09. The Kier molecular flexibility index (Phi) is 3.46. The van der Waals surface area contributed by atoms with Gasteiger partial charge in [-0.15, -0.1) is 0 Å². The molecule has 0 heterocycles. The third-order valence-electron chi connectivity index (χ3n) is 1.63. The standard InChI is InChI=1S/C9H6F5NO/c10-6-1-5(2-7(11)3-6)4-15-8(16)9(12,13)14/h1-3H,4H2,(H,15,16). The maximum absolute atomic E-state index is 12.6. The van der Waals surface area contributed by atoms with Crippen molar-refractivity contribution in [3.05, 3.63) is 35.4 Å². The highest BCUT2D eigenvalue weighted by atomic mass is 19.4. The molecule has 0 aliphatic rings. The largest absolute Gasteiger partial charge is 0.471 e. The van der Waals surface area contributed by atoms with Gasteiger partial charge in [-0.2, -0.15) is 13.2 Å². The summed E-state index contributed by atoms with van der Waals surface area (Å²) in [6.45, 7) is -0.590. The second kappa shape index (κ2) is 4.46. The Balaban J connectivity index is 2.65. The van der Waals surface area contributed by atoms with E-state index >= 15 is 0 Å². The fraction of sp³-hybridized carbons (Fsp3) is 0.222. The van der Waals surface area contributed by atoms with Crippen molar-refractivity contribution in [2.45, 2.75) is 12.7 Å². The minimum Gasteiger partial charge on any atom is -0.344 e. The third kappa shape index (κ3) is 3.48. The molecule has 7 heteroatoms. The summed E-state index contributed by atoms with van der Waals surface area (Å²) < 4.78 is 60.5. The van der Waals surface area contributed by atoms with Gasteiger partial charge in [-0.25, -0.2) is 8.78 Å². The molecule has 0 unspecified atom stereocenters. The number of alkyl halides is 3. The molecule has 0 saturated heterocycles. The Morgan fingerprint density at radius 1 is 1.12 bits per heavy atom. The molecule has 1 aromatic carbocycles. The van der Waals surface area contributed by atoms with Crippen LogP contribution in [0, 0.1) is 11.6 Å². The van der Waals surface area contributed by atoms with Crippen molar-refractivity contribution in [2.24, 2.45) is 0 Å². The lowest BCUT2D eigenvalue weighted by Crippen LogP contribution is -2.36. The van der Waals surface area contributed by atoms with Crippen LogP contribution >= 0.6 is 0 Å². The molecule has 0 aliphatic carbocycles. The van der Waals surface area contributed by atoms with Gasteiger partial charge in [0, 0.05) is 12.6 Å². The highest BCUT2D eigenvalue weighted by molar-refractivity contribution is 5.81. The minimum atomic E-state index is -5.01. The summed E-state index contributed by atoms with van der Waals surface area (Å²) in [6.07, 6.45) is -5.01. The lowest BCUT2D eigenvalue weighted by Gasteiger charge is -2.07. The molecule has 0 aromatic heterocycles. The van der Waals surface area contributed by atoms with E-state index in [-0.39, 0.29) is 5.56 Å². The van der Waals surface area contributed by atoms with Crippen LogP contribution in [-0.4, -0.2) is 12.1 Å². The molecule has 0 bridgehead atoms. The Morgan fingerprint density at radius 3 is 2.06 bits per heavy atom. The van der Waals surface area contributed by atoms with E-state index < -0.39 is 30.3 Å². The number of nitrogens with one attached hydrogen (secondary N) is 1. The number of carbonyl (C=O) groups excluding carboxylic acids is 1. The smallest absolute Gasteiger partial charge is 0.344 e. The van der Waals surface area contributed by atoms with E-state index in [0.717, 1.165) is 12.1 Å². The van der Waals surface area contributed by atoms with Gasteiger partial charge in [0.1, 0.15) is 11.6 Å². The molecule has 1 N–H and O–H groups in total. The lowest BCUT2D eigenvalue weighted by atomic mass is 10.2. The number of halogens is 5. The molecule has 0 atom stereocenters. The number of benzene rings is 1. The van der Waals surface area contributed by atoms with Gasteiger partial charge < -0.3 is 5.32 Å². The van der Waals surface area contributed by atoms with Crippen molar-refractivity contribution >= 4 is 5.91 Å². The molecule has 0 spiro atoms.